The van der Waals surface area contributed by atoms with Crippen molar-refractivity contribution in [3.63, 3.8) is 0 Å². The molecule has 0 saturated carbocycles. The van der Waals surface area contributed by atoms with Gasteiger partial charge in [-0.2, -0.15) is 0 Å². The zero-order valence-corrected chi connectivity index (χ0v) is 17.6. The summed E-state index contributed by atoms with van der Waals surface area (Å²) in [7, 11) is 0. The Morgan fingerprint density at radius 3 is 2.69 bits per heavy atom. The van der Waals surface area contributed by atoms with Crippen LogP contribution in [0, 0.1) is 0 Å². The predicted octanol–water partition coefficient (Wildman–Crippen LogP) is 3.98. The number of rotatable bonds is 6. The lowest BCUT2D eigenvalue weighted by Crippen LogP contribution is -2.45. The van der Waals surface area contributed by atoms with Crippen molar-refractivity contribution in [2.24, 2.45) is 0 Å². The summed E-state index contributed by atoms with van der Waals surface area (Å²) in [6.07, 6.45) is 1.60. The monoisotopic (exact) mass is 425 g/mol. The smallest absolute Gasteiger partial charge is 0.315 e. The molecule has 150 valence electrons. The molecule has 0 bridgehead atoms. The molecule has 1 aliphatic heterocycles. The van der Waals surface area contributed by atoms with Crippen LogP contribution in [0.4, 0.5) is 4.79 Å². The van der Waals surface area contributed by atoms with E-state index in [4.69, 9.17) is 0 Å². The van der Waals surface area contributed by atoms with Gasteiger partial charge in [0.25, 0.3) is 0 Å². The van der Waals surface area contributed by atoms with Crippen molar-refractivity contribution >= 4 is 34.6 Å². The summed E-state index contributed by atoms with van der Waals surface area (Å²) in [4.78, 5) is 29.3. The second kappa shape index (κ2) is 9.24. The third kappa shape index (κ3) is 5.05. The molecule has 0 saturated heterocycles. The molecule has 1 atom stereocenters. The van der Waals surface area contributed by atoms with Crippen molar-refractivity contribution in [1.82, 2.24) is 15.5 Å². The predicted molar refractivity (Wildman–Crippen MR) is 117 cm³/mol. The van der Waals surface area contributed by atoms with E-state index in [-0.39, 0.29) is 24.5 Å². The Balaban J connectivity index is 1.32. The van der Waals surface area contributed by atoms with E-state index < -0.39 is 0 Å². The fourth-order valence-electron chi connectivity index (χ4n) is 3.50. The van der Waals surface area contributed by atoms with Crippen molar-refractivity contribution in [2.45, 2.75) is 25.4 Å². The standard InChI is InChI=1S/C22H23N3O2S2/c26-21(25-10-8-19-17(15-25)9-12-29-19)14-23-22(27)24-18(20-7-4-11-28-20)13-16-5-2-1-3-6-16/h1-7,9,11-12,18H,8,10,13-15H2,(H2,23,24,27). The summed E-state index contributed by atoms with van der Waals surface area (Å²) in [6, 6.07) is 15.7. The maximum Gasteiger partial charge on any atom is 0.315 e. The lowest BCUT2D eigenvalue weighted by Gasteiger charge is -2.27. The van der Waals surface area contributed by atoms with Crippen LogP contribution >= 0.6 is 22.7 Å². The van der Waals surface area contributed by atoms with E-state index in [0.29, 0.717) is 19.5 Å². The maximum atomic E-state index is 12.5. The molecule has 7 heteroatoms. The quantitative estimate of drug-likeness (QED) is 0.628. The van der Waals surface area contributed by atoms with Crippen LogP contribution in [0.5, 0.6) is 0 Å². The van der Waals surface area contributed by atoms with Crippen LogP contribution in [0.3, 0.4) is 0 Å². The van der Waals surface area contributed by atoms with Gasteiger partial charge in [0.15, 0.2) is 0 Å². The van der Waals surface area contributed by atoms with Crippen LogP contribution < -0.4 is 10.6 Å². The zero-order valence-electron chi connectivity index (χ0n) is 16.0. The molecule has 3 amide bonds. The minimum Gasteiger partial charge on any atom is -0.336 e. The Hall–Kier alpha value is -2.64. The van der Waals surface area contributed by atoms with E-state index in [9.17, 15) is 9.59 Å². The minimum atomic E-state index is -0.319. The first-order chi connectivity index (χ1) is 14.2. The second-order valence-corrected chi connectivity index (χ2v) is 9.00. The van der Waals surface area contributed by atoms with Crippen LogP contribution in [0.15, 0.2) is 59.3 Å². The van der Waals surface area contributed by atoms with E-state index in [0.717, 1.165) is 16.9 Å². The Labute approximate surface area is 178 Å². The fourth-order valence-corrected chi connectivity index (χ4v) is 5.17. The SMILES string of the molecule is O=C(NCC(=O)N1CCc2sccc2C1)NC(Cc1ccccc1)c1cccs1. The van der Waals surface area contributed by atoms with Gasteiger partial charge in [0, 0.05) is 22.8 Å². The molecule has 2 aromatic heterocycles. The molecule has 3 heterocycles. The number of benzene rings is 1. The Morgan fingerprint density at radius 2 is 1.90 bits per heavy atom. The van der Waals surface area contributed by atoms with Gasteiger partial charge in [0.2, 0.25) is 5.91 Å². The molecular weight excluding hydrogens is 402 g/mol. The molecule has 4 rings (SSSR count). The number of thiophene rings is 2. The molecule has 1 aromatic carbocycles. The van der Waals surface area contributed by atoms with Crippen molar-refractivity contribution in [2.75, 3.05) is 13.1 Å². The summed E-state index contributed by atoms with van der Waals surface area (Å²) in [6.45, 7) is 1.35. The summed E-state index contributed by atoms with van der Waals surface area (Å²) < 4.78 is 0. The van der Waals surface area contributed by atoms with E-state index in [1.165, 1.54) is 10.4 Å². The van der Waals surface area contributed by atoms with Crippen LogP contribution in [0.25, 0.3) is 0 Å². The first kappa shape index (κ1) is 19.7. The molecular formula is C22H23N3O2S2. The van der Waals surface area contributed by atoms with Gasteiger partial charge in [-0.25, -0.2) is 4.79 Å². The number of carbonyl (C=O) groups excluding carboxylic acids is 2. The number of carbonyl (C=O) groups is 2. The topological polar surface area (TPSA) is 61.4 Å². The summed E-state index contributed by atoms with van der Waals surface area (Å²) in [5, 5.41) is 9.85. The van der Waals surface area contributed by atoms with E-state index in [2.05, 4.69) is 34.2 Å². The molecule has 0 spiro atoms. The van der Waals surface area contributed by atoms with Crippen LogP contribution in [-0.4, -0.2) is 29.9 Å². The molecule has 0 radical (unpaired) electrons. The van der Waals surface area contributed by atoms with Crippen LogP contribution in [0.1, 0.15) is 26.9 Å². The van der Waals surface area contributed by atoms with Crippen LogP contribution in [0.2, 0.25) is 0 Å². The number of hydrogen-bond acceptors (Lipinski definition) is 4. The largest absolute Gasteiger partial charge is 0.336 e. The van der Waals surface area contributed by atoms with Gasteiger partial charge < -0.3 is 15.5 Å². The average Bonchev–Trinajstić information content (AvgIpc) is 3.43. The molecule has 0 fully saturated rings. The van der Waals surface area contributed by atoms with E-state index in [1.807, 2.05) is 40.6 Å². The summed E-state index contributed by atoms with van der Waals surface area (Å²) >= 11 is 3.36. The molecule has 2 N–H and O–H groups in total. The number of nitrogens with one attached hydrogen (secondary N) is 2. The number of fused-ring (bicyclic) bond motifs is 1. The molecule has 3 aromatic rings. The van der Waals surface area contributed by atoms with Crippen molar-refractivity contribution < 1.29 is 9.59 Å². The van der Waals surface area contributed by atoms with Crippen LogP contribution in [-0.2, 0) is 24.2 Å². The third-order valence-electron chi connectivity index (χ3n) is 5.04. The van der Waals surface area contributed by atoms with E-state index >= 15 is 0 Å². The highest BCUT2D eigenvalue weighted by Crippen LogP contribution is 2.24. The highest BCUT2D eigenvalue weighted by atomic mass is 32.1. The number of amides is 3. The maximum absolute atomic E-state index is 12.5. The molecule has 5 nitrogen and oxygen atoms in total. The summed E-state index contributed by atoms with van der Waals surface area (Å²) in [5.41, 5.74) is 2.38. The zero-order chi connectivity index (χ0) is 20.1. The first-order valence-corrected chi connectivity index (χ1v) is 11.4. The van der Waals surface area contributed by atoms with Gasteiger partial charge >= 0.3 is 6.03 Å². The lowest BCUT2D eigenvalue weighted by atomic mass is 10.0. The van der Waals surface area contributed by atoms with Gasteiger partial charge in [0.1, 0.15) is 0 Å². The Kier molecular flexibility index (Phi) is 6.27. The van der Waals surface area contributed by atoms with Crippen molar-refractivity contribution in [1.29, 1.82) is 0 Å². The molecule has 1 unspecified atom stereocenters. The summed E-state index contributed by atoms with van der Waals surface area (Å²) in [5.74, 6) is -0.0484. The number of urea groups is 1. The Morgan fingerprint density at radius 1 is 1.03 bits per heavy atom. The first-order valence-electron chi connectivity index (χ1n) is 9.64. The highest BCUT2D eigenvalue weighted by Gasteiger charge is 2.22. The van der Waals surface area contributed by atoms with Crippen molar-refractivity contribution in [3.05, 3.63) is 80.2 Å². The van der Waals surface area contributed by atoms with Gasteiger partial charge in [-0.1, -0.05) is 36.4 Å². The molecule has 1 aliphatic rings. The molecule has 29 heavy (non-hydrogen) atoms. The fraction of sp³-hybridized carbons (Fsp3) is 0.273. The lowest BCUT2D eigenvalue weighted by molar-refractivity contribution is -0.130. The average molecular weight is 426 g/mol. The third-order valence-corrected chi connectivity index (χ3v) is 7.04. The minimum absolute atomic E-state index is 0.00774. The van der Waals surface area contributed by atoms with Crippen molar-refractivity contribution in [3.8, 4) is 0 Å². The van der Waals surface area contributed by atoms with Gasteiger partial charge in [-0.3, -0.25) is 4.79 Å². The van der Waals surface area contributed by atoms with Gasteiger partial charge in [-0.15, -0.1) is 22.7 Å². The molecule has 0 aliphatic carbocycles. The second-order valence-electron chi connectivity index (χ2n) is 7.02. The number of hydrogen-bond donors (Lipinski definition) is 2. The Bertz CT molecular complexity index is 954. The van der Waals surface area contributed by atoms with Gasteiger partial charge in [-0.05, 0) is 46.9 Å². The van der Waals surface area contributed by atoms with Gasteiger partial charge in [0.05, 0.1) is 12.6 Å². The van der Waals surface area contributed by atoms with E-state index in [1.54, 1.807) is 22.7 Å². The highest BCUT2D eigenvalue weighted by molar-refractivity contribution is 7.10. The number of nitrogens with zero attached hydrogens (tertiary/aromatic N) is 1. The normalized spacial score (nSPS) is 14.1.